The number of hydrogen-bond acceptors (Lipinski definition) is 6. The zero-order chi connectivity index (χ0) is 23.9. The van der Waals surface area contributed by atoms with Crippen molar-refractivity contribution in [3.05, 3.63) is 64.6 Å². The van der Waals surface area contributed by atoms with Crippen LogP contribution >= 0.6 is 0 Å². The van der Waals surface area contributed by atoms with E-state index in [0.29, 0.717) is 11.6 Å². The summed E-state index contributed by atoms with van der Waals surface area (Å²) in [4.78, 5) is 13.4. The Kier molecular flexibility index (Phi) is 4.40. The van der Waals surface area contributed by atoms with Gasteiger partial charge in [0.05, 0.1) is 34.1 Å². The van der Waals surface area contributed by atoms with Crippen molar-refractivity contribution in [2.24, 2.45) is 0 Å². The van der Waals surface area contributed by atoms with E-state index in [-0.39, 0.29) is 5.60 Å². The summed E-state index contributed by atoms with van der Waals surface area (Å²) >= 11 is 0. The number of ether oxygens (including phenoxy) is 1. The maximum Gasteiger partial charge on any atom is 0.160 e. The molecule has 3 fully saturated rings. The first-order valence-electron chi connectivity index (χ1n) is 12.7. The lowest BCUT2D eigenvalue weighted by molar-refractivity contribution is -0.0934. The molecular weight excluding hydrogens is 440 g/mol. The van der Waals surface area contributed by atoms with E-state index in [1.54, 1.807) is 0 Å². The second-order valence-electron chi connectivity index (χ2n) is 10.8. The molecule has 180 valence electrons. The van der Waals surface area contributed by atoms with E-state index in [0.717, 1.165) is 89.2 Å². The largest absolute Gasteiger partial charge is 0.376 e. The molecule has 1 spiro atoms. The summed E-state index contributed by atoms with van der Waals surface area (Å²) in [5.41, 5.74) is 5.08. The maximum atomic E-state index is 12.8. The van der Waals surface area contributed by atoms with Crippen molar-refractivity contribution in [1.29, 1.82) is 0 Å². The van der Waals surface area contributed by atoms with Crippen LogP contribution in [0.15, 0.2) is 34.9 Å². The molecule has 1 aliphatic heterocycles. The van der Waals surface area contributed by atoms with Crippen LogP contribution < -0.4 is 0 Å². The molecular formula is C28H30N4O3. The number of aryl methyl sites for hydroxylation is 3. The highest BCUT2D eigenvalue weighted by Crippen LogP contribution is 2.54. The molecule has 7 nitrogen and oxygen atoms in total. The van der Waals surface area contributed by atoms with E-state index in [2.05, 4.69) is 22.3 Å². The molecule has 35 heavy (non-hydrogen) atoms. The predicted octanol–water partition coefficient (Wildman–Crippen LogP) is 5.36. The molecule has 4 aromatic rings. The lowest BCUT2D eigenvalue weighted by Crippen LogP contribution is -2.42. The van der Waals surface area contributed by atoms with Crippen molar-refractivity contribution in [2.45, 2.75) is 82.5 Å². The Hall–Kier alpha value is -3.03. The first-order chi connectivity index (χ1) is 16.9. The fourth-order valence-corrected chi connectivity index (χ4v) is 5.86. The maximum absolute atomic E-state index is 12.8. The number of nitrogens with one attached hydrogen (secondary N) is 1. The summed E-state index contributed by atoms with van der Waals surface area (Å²) in [5, 5.41) is 17.0. The molecule has 3 aliphatic rings. The molecule has 0 radical (unpaired) electrons. The van der Waals surface area contributed by atoms with Gasteiger partial charge in [-0.2, -0.15) is 0 Å². The van der Waals surface area contributed by atoms with Gasteiger partial charge in [0.25, 0.3) is 0 Å². The summed E-state index contributed by atoms with van der Waals surface area (Å²) in [5.74, 6) is 2.20. The first kappa shape index (κ1) is 21.3. The Morgan fingerprint density at radius 3 is 2.54 bits per heavy atom. The molecule has 2 saturated carbocycles. The van der Waals surface area contributed by atoms with Gasteiger partial charge in [0, 0.05) is 22.7 Å². The number of fused-ring (bicyclic) bond motifs is 1. The summed E-state index contributed by atoms with van der Waals surface area (Å²) in [6.07, 6.45) is 5.75. The minimum Gasteiger partial charge on any atom is -0.376 e. The quantitative estimate of drug-likeness (QED) is 0.407. The molecule has 7 rings (SSSR count). The summed E-state index contributed by atoms with van der Waals surface area (Å²) in [7, 11) is 0. The van der Waals surface area contributed by atoms with Crippen LogP contribution in [0.2, 0.25) is 0 Å². The molecule has 0 amide bonds. The Morgan fingerprint density at radius 1 is 1.06 bits per heavy atom. The van der Waals surface area contributed by atoms with Crippen molar-refractivity contribution >= 4 is 11.0 Å². The molecule has 0 bridgehead atoms. The number of nitrogens with zero attached hydrogens (tertiary/aromatic N) is 3. The summed E-state index contributed by atoms with van der Waals surface area (Å²) in [6.45, 7) is 5.83. The van der Waals surface area contributed by atoms with Crippen molar-refractivity contribution < 1.29 is 14.4 Å². The van der Waals surface area contributed by atoms with E-state index < -0.39 is 11.7 Å². The van der Waals surface area contributed by atoms with Gasteiger partial charge in [-0.15, -0.1) is 0 Å². The number of aliphatic hydroxyl groups is 1. The normalized spacial score (nSPS) is 22.7. The van der Waals surface area contributed by atoms with Crippen LogP contribution in [-0.2, 0) is 10.3 Å². The lowest BCUT2D eigenvalue weighted by atomic mass is 9.81. The fraction of sp³-hybridized carbons (Fsp3) is 0.464. The fourth-order valence-electron chi connectivity index (χ4n) is 5.86. The molecule has 7 heteroatoms. The van der Waals surface area contributed by atoms with Crippen LogP contribution in [0.1, 0.15) is 78.7 Å². The highest BCUT2D eigenvalue weighted by atomic mass is 16.5. The number of aromatic amines is 1. The Bertz CT molecular complexity index is 1440. The van der Waals surface area contributed by atoms with Crippen LogP contribution in [0.3, 0.4) is 0 Å². The van der Waals surface area contributed by atoms with Crippen molar-refractivity contribution in [3.63, 3.8) is 0 Å². The van der Waals surface area contributed by atoms with Crippen molar-refractivity contribution in [3.8, 4) is 11.1 Å². The topological polar surface area (TPSA) is 97.1 Å². The molecule has 1 aromatic carbocycles. The monoisotopic (exact) mass is 470 g/mol. The van der Waals surface area contributed by atoms with E-state index in [9.17, 15) is 5.11 Å². The van der Waals surface area contributed by atoms with Gasteiger partial charge < -0.3 is 19.4 Å². The Balaban J connectivity index is 1.50. The Labute approximate surface area is 203 Å². The van der Waals surface area contributed by atoms with Crippen molar-refractivity contribution in [2.75, 3.05) is 0 Å². The van der Waals surface area contributed by atoms with Crippen LogP contribution in [0.25, 0.3) is 22.2 Å². The number of H-pyrrole nitrogens is 1. The minimum atomic E-state index is -1.44. The van der Waals surface area contributed by atoms with Crippen LogP contribution in [0, 0.1) is 20.8 Å². The van der Waals surface area contributed by atoms with Crippen molar-refractivity contribution in [1.82, 2.24) is 20.1 Å². The second kappa shape index (κ2) is 7.24. The lowest BCUT2D eigenvalue weighted by Gasteiger charge is -2.34. The predicted molar refractivity (Wildman–Crippen MR) is 131 cm³/mol. The van der Waals surface area contributed by atoms with Crippen LogP contribution in [-0.4, -0.2) is 36.9 Å². The summed E-state index contributed by atoms with van der Waals surface area (Å²) < 4.78 is 12.1. The van der Waals surface area contributed by atoms with E-state index in [1.165, 1.54) is 0 Å². The molecule has 2 N–H and O–H groups in total. The van der Waals surface area contributed by atoms with E-state index in [4.69, 9.17) is 19.2 Å². The minimum absolute atomic E-state index is 0.0778. The SMILES string of the molecule is Cc1cccc(C(O)(c2cc(-c3c(C)noc3C)cc3[nH]c(C4CC4)nc23)C2CCC3(CC3)O2)n1. The van der Waals surface area contributed by atoms with Gasteiger partial charge in [0.1, 0.15) is 11.6 Å². The van der Waals surface area contributed by atoms with Gasteiger partial charge in [0.2, 0.25) is 0 Å². The summed E-state index contributed by atoms with van der Waals surface area (Å²) in [6, 6.07) is 9.98. The number of hydrogen-bond donors (Lipinski definition) is 2. The van der Waals surface area contributed by atoms with Crippen LogP contribution in [0.5, 0.6) is 0 Å². The third-order valence-electron chi connectivity index (χ3n) is 8.11. The van der Waals surface area contributed by atoms with Gasteiger partial charge in [-0.05, 0) is 89.1 Å². The van der Waals surface area contributed by atoms with Gasteiger partial charge in [0.15, 0.2) is 5.60 Å². The third kappa shape index (κ3) is 3.28. The Morgan fingerprint density at radius 2 is 1.89 bits per heavy atom. The first-order valence-corrected chi connectivity index (χ1v) is 12.7. The molecule has 2 unspecified atom stereocenters. The average Bonchev–Trinajstić information content (AvgIpc) is 3.70. The molecule has 1 saturated heterocycles. The molecule has 4 heterocycles. The number of imidazole rings is 1. The molecule has 2 atom stereocenters. The standard InChI is InChI=1S/C28H30N4O3/c1-15-5-4-6-22(29-15)28(33,23-9-10-27(34-23)11-12-27)20-13-19(24-16(2)32-35-17(24)3)14-21-25(20)31-26(30-21)18-7-8-18/h4-6,13-14,18,23,33H,7-12H2,1-3H3,(H,30,31). The zero-order valence-electron chi connectivity index (χ0n) is 20.4. The van der Waals surface area contributed by atoms with Gasteiger partial charge in [-0.25, -0.2) is 4.98 Å². The van der Waals surface area contributed by atoms with Gasteiger partial charge in [-0.3, -0.25) is 4.98 Å². The van der Waals surface area contributed by atoms with Crippen LogP contribution in [0.4, 0.5) is 0 Å². The molecule has 3 aromatic heterocycles. The molecule has 2 aliphatic carbocycles. The average molecular weight is 471 g/mol. The number of rotatable bonds is 5. The highest BCUT2D eigenvalue weighted by molar-refractivity contribution is 5.87. The number of aromatic nitrogens is 4. The zero-order valence-corrected chi connectivity index (χ0v) is 20.4. The smallest absolute Gasteiger partial charge is 0.160 e. The van der Waals surface area contributed by atoms with Gasteiger partial charge in [-0.1, -0.05) is 11.2 Å². The number of benzene rings is 1. The van der Waals surface area contributed by atoms with Gasteiger partial charge >= 0.3 is 0 Å². The second-order valence-corrected chi connectivity index (χ2v) is 10.8. The highest BCUT2D eigenvalue weighted by Gasteiger charge is 2.57. The number of pyridine rings is 1. The van der Waals surface area contributed by atoms with E-state index >= 15 is 0 Å². The van der Waals surface area contributed by atoms with E-state index in [1.807, 2.05) is 39.0 Å². The third-order valence-corrected chi connectivity index (χ3v) is 8.11.